The first-order valence-corrected chi connectivity index (χ1v) is 10.2. The van der Waals surface area contributed by atoms with Crippen LogP contribution in [0.1, 0.15) is 36.1 Å². The summed E-state index contributed by atoms with van der Waals surface area (Å²) in [7, 11) is 0. The van der Waals surface area contributed by atoms with Gasteiger partial charge in [0.2, 0.25) is 5.95 Å². The molecule has 0 spiro atoms. The summed E-state index contributed by atoms with van der Waals surface area (Å²) in [5.41, 5.74) is 3.77. The van der Waals surface area contributed by atoms with E-state index in [-0.39, 0.29) is 5.56 Å². The van der Waals surface area contributed by atoms with Crippen molar-refractivity contribution in [1.29, 1.82) is 0 Å². The van der Waals surface area contributed by atoms with Crippen molar-refractivity contribution in [3.63, 3.8) is 0 Å². The van der Waals surface area contributed by atoms with E-state index in [1.54, 1.807) is 16.8 Å². The zero-order valence-corrected chi connectivity index (χ0v) is 18.3. The van der Waals surface area contributed by atoms with Crippen molar-refractivity contribution < 1.29 is 9.13 Å². The van der Waals surface area contributed by atoms with E-state index in [9.17, 15) is 9.18 Å². The molecular formula is C23H25ClFN3O2. The Bertz CT molecular complexity index is 1110. The van der Waals surface area contributed by atoms with Crippen LogP contribution in [0.2, 0.25) is 5.02 Å². The molecule has 3 aromatic rings. The maximum Gasteiger partial charge on any atom is 0.277 e. The minimum atomic E-state index is -0.410. The molecule has 0 amide bonds. The zero-order chi connectivity index (χ0) is 21.8. The molecule has 1 aromatic heterocycles. The van der Waals surface area contributed by atoms with E-state index in [0.29, 0.717) is 41.7 Å². The lowest BCUT2D eigenvalue weighted by Gasteiger charge is -2.18. The van der Waals surface area contributed by atoms with E-state index in [0.717, 1.165) is 22.6 Å². The maximum absolute atomic E-state index is 13.8. The van der Waals surface area contributed by atoms with Crippen LogP contribution in [-0.2, 0) is 13.0 Å². The van der Waals surface area contributed by atoms with Gasteiger partial charge in [-0.1, -0.05) is 24.6 Å². The molecule has 0 bridgehead atoms. The van der Waals surface area contributed by atoms with Gasteiger partial charge in [0.05, 0.1) is 13.2 Å². The summed E-state index contributed by atoms with van der Waals surface area (Å²) in [4.78, 5) is 16.7. The van der Waals surface area contributed by atoms with Gasteiger partial charge in [-0.15, -0.1) is 0 Å². The predicted molar refractivity (Wildman–Crippen MR) is 119 cm³/mol. The maximum atomic E-state index is 13.8. The summed E-state index contributed by atoms with van der Waals surface area (Å²) in [5.74, 6) is 0.723. The number of aromatic nitrogens is 2. The van der Waals surface area contributed by atoms with Gasteiger partial charge in [-0.3, -0.25) is 4.79 Å². The Balaban J connectivity index is 2.05. The third-order valence-electron chi connectivity index (χ3n) is 4.79. The number of aryl methyl sites for hydroxylation is 3. The van der Waals surface area contributed by atoms with Gasteiger partial charge in [-0.2, -0.15) is 4.98 Å². The minimum absolute atomic E-state index is 0.289. The van der Waals surface area contributed by atoms with Crippen LogP contribution in [-0.4, -0.2) is 16.2 Å². The summed E-state index contributed by atoms with van der Waals surface area (Å²) in [6.07, 6.45) is 2.30. The molecule has 5 nitrogen and oxygen atoms in total. The van der Waals surface area contributed by atoms with Gasteiger partial charge in [-0.25, -0.2) is 4.39 Å². The fourth-order valence-corrected chi connectivity index (χ4v) is 3.54. The normalized spacial score (nSPS) is 10.9. The number of benzene rings is 2. The number of rotatable bonds is 7. The third kappa shape index (κ3) is 5.00. The summed E-state index contributed by atoms with van der Waals surface area (Å²) < 4.78 is 21.3. The van der Waals surface area contributed by atoms with Gasteiger partial charge < -0.3 is 14.6 Å². The van der Waals surface area contributed by atoms with E-state index >= 15 is 0 Å². The molecule has 7 heteroatoms. The van der Waals surface area contributed by atoms with Crippen LogP contribution >= 0.6 is 11.6 Å². The van der Waals surface area contributed by atoms with Crippen molar-refractivity contribution in [2.45, 2.75) is 40.7 Å². The molecule has 0 aliphatic carbocycles. The fraction of sp³-hybridized carbons (Fsp3) is 0.304. The number of nitrogens with zero attached hydrogens (tertiary/aromatic N) is 2. The molecule has 0 saturated heterocycles. The number of ether oxygens (including phenoxy) is 1. The van der Waals surface area contributed by atoms with Crippen LogP contribution in [0, 0.1) is 19.7 Å². The van der Waals surface area contributed by atoms with Crippen LogP contribution in [0.15, 0.2) is 41.3 Å². The van der Waals surface area contributed by atoms with Gasteiger partial charge in [-0.05, 0) is 62.1 Å². The molecule has 0 atom stereocenters. The largest absolute Gasteiger partial charge is 0.494 e. The first kappa shape index (κ1) is 21.8. The molecular weight excluding hydrogens is 405 g/mol. The average Bonchev–Trinajstić information content (AvgIpc) is 2.66. The smallest absolute Gasteiger partial charge is 0.277 e. The van der Waals surface area contributed by atoms with Crippen LogP contribution < -0.4 is 15.6 Å². The minimum Gasteiger partial charge on any atom is -0.494 e. The van der Waals surface area contributed by atoms with E-state index < -0.39 is 5.82 Å². The summed E-state index contributed by atoms with van der Waals surface area (Å²) in [5, 5.41) is 3.57. The molecule has 0 radical (unpaired) electrons. The lowest BCUT2D eigenvalue weighted by Crippen LogP contribution is -2.21. The van der Waals surface area contributed by atoms with Gasteiger partial charge in [0.15, 0.2) is 0 Å². The SMILES string of the molecule is CCOc1cc(Nc2nc(=O)c(CC)cn2Cc2cc(F)cc(Cl)c2)c(C)cc1C. The average molecular weight is 430 g/mol. The highest BCUT2D eigenvalue weighted by Crippen LogP contribution is 2.28. The van der Waals surface area contributed by atoms with E-state index in [1.807, 2.05) is 39.8 Å². The Hall–Kier alpha value is -2.86. The quantitative estimate of drug-likeness (QED) is 0.546. The van der Waals surface area contributed by atoms with Gasteiger partial charge in [0.1, 0.15) is 11.6 Å². The zero-order valence-electron chi connectivity index (χ0n) is 17.6. The number of hydrogen-bond donors (Lipinski definition) is 1. The van der Waals surface area contributed by atoms with Crippen LogP contribution in [0.5, 0.6) is 5.75 Å². The number of hydrogen-bond acceptors (Lipinski definition) is 4. The van der Waals surface area contributed by atoms with Crippen molar-refractivity contribution in [2.75, 3.05) is 11.9 Å². The predicted octanol–water partition coefficient (Wildman–Crippen LogP) is 5.41. The molecule has 3 rings (SSSR count). The van der Waals surface area contributed by atoms with Gasteiger partial charge in [0.25, 0.3) is 5.56 Å². The molecule has 0 aliphatic rings. The molecule has 0 fully saturated rings. The fourth-order valence-electron chi connectivity index (χ4n) is 3.30. The van der Waals surface area contributed by atoms with Gasteiger partial charge >= 0.3 is 0 Å². The molecule has 0 unspecified atom stereocenters. The molecule has 158 valence electrons. The molecule has 1 N–H and O–H groups in total. The molecule has 30 heavy (non-hydrogen) atoms. The highest BCUT2D eigenvalue weighted by Gasteiger charge is 2.12. The lowest BCUT2D eigenvalue weighted by molar-refractivity contribution is 0.338. The van der Waals surface area contributed by atoms with Crippen molar-refractivity contribution >= 4 is 23.2 Å². The monoisotopic (exact) mass is 429 g/mol. The number of halogens is 2. The van der Waals surface area contributed by atoms with E-state index in [1.165, 1.54) is 12.1 Å². The Kier molecular flexibility index (Phi) is 6.77. The first-order valence-electron chi connectivity index (χ1n) is 9.87. The van der Waals surface area contributed by atoms with Crippen molar-refractivity contribution in [2.24, 2.45) is 0 Å². The van der Waals surface area contributed by atoms with Crippen LogP contribution in [0.25, 0.3) is 0 Å². The van der Waals surface area contributed by atoms with Crippen molar-refractivity contribution in [3.05, 3.63) is 80.0 Å². The second-order valence-electron chi connectivity index (χ2n) is 7.14. The Morgan fingerprint density at radius 1 is 1.13 bits per heavy atom. The number of anilines is 2. The van der Waals surface area contributed by atoms with Crippen molar-refractivity contribution in [1.82, 2.24) is 9.55 Å². The lowest BCUT2D eigenvalue weighted by atomic mass is 10.1. The van der Waals surface area contributed by atoms with E-state index in [4.69, 9.17) is 16.3 Å². The van der Waals surface area contributed by atoms with Crippen molar-refractivity contribution in [3.8, 4) is 5.75 Å². The Morgan fingerprint density at radius 2 is 1.90 bits per heavy atom. The topological polar surface area (TPSA) is 56.1 Å². The molecule has 0 aliphatic heterocycles. The summed E-state index contributed by atoms with van der Waals surface area (Å²) in [6.45, 7) is 8.65. The Morgan fingerprint density at radius 3 is 2.57 bits per heavy atom. The van der Waals surface area contributed by atoms with Gasteiger partial charge in [0, 0.05) is 28.5 Å². The molecule has 2 aromatic carbocycles. The third-order valence-corrected chi connectivity index (χ3v) is 5.01. The molecule has 0 saturated carbocycles. The van der Waals surface area contributed by atoms with Crippen LogP contribution in [0.3, 0.4) is 0 Å². The standard InChI is InChI=1S/C23H25ClFN3O2/c1-5-17-13-28(12-16-8-18(24)10-19(25)9-16)23(27-22(17)29)26-20-11-21(30-6-2)15(4)7-14(20)3/h7-11,13H,5-6,12H2,1-4H3,(H,26,27,29). The number of nitrogens with one attached hydrogen (secondary N) is 1. The Labute approximate surface area is 180 Å². The first-order chi connectivity index (χ1) is 14.3. The van der Waals surface area contributed by atoms with E-state index in [2.05, 4.69) is 10.3 Å². The summed E-state index contributed by atoms with van der Waals surface area (Å²) in [6, 6.07) is 8.29. The van der Waals surface area contributed by atoms with Crippen LogP contribution in [0.4, 0.5) is 16.0 Å². The highest BCUT2D eigenvalue weighted by atomic mass is 35.5. The molecule has 1 heterocycles. The summed E-state index contributed by atoms with van der Waals surface area (Å²) >= 11 is 6.01. The second kappa shape index (κ2) is 9.30. The highest BCUT2D eigenvalue weighted by molar-refractivity contribution is 6.30. The second-order valence-corrected chi connectivity index (χ2v) is 7.58.